The highest BCUT2D eigenvalue weighted by Gasteiger charge is 2.22. The number of anilines is 3. The maximum atomic E-state index is 11.5. The van der Waals surface area contributed by atoms with E-state index in [9.17, 15) is 8.42 Å². The quantitative estimate of drug-likeness (QED) is 0.848. The lowest BCUT2D eigenvalue weighted by Crippen LogP contribution is -2.14. The third kappa shape index (κ3) is 3.98. The van der Waals surface area contributed by atoms with Gasteiger partial charge in [-0.1, -0.05) is 6.42 Å². The highest BCUT2D eigenvalue weighted by molar-refractivity contribution is 7.92. The molecular formula is C16H20N4O2S. The molecule has 2 aromatic rings. The van der Waals surface area contributed by atoms with Gasteiger partial charge in [-0.15, -0.1) is 0 Å². The van der Waals surface area contributed by atoms with E-state index in [1.807, 2.05) is 18.2 Å². The molecule has 0 saturated heterocycles. The fourth-order valence-electron chi connectivity index (χ4n) is 2.33. The van der Waals surface area contributed by atoms with Crippen LogP contribution in [0.1, 0.15) is 37.9 Å². The molecule has 0 atom stereocenters. The van der Waals surface area contributed by atoms with Crippen LogP contribution in [-0.2, 0) is 10.0 Å². The lowest BCUT2D eigenvalue weighted by atomic mass is 9.85. The van der Waals surface area contributed by atoms with Gasteiger partial charge in [0, 0.05) is 23.5 Å². The Balaban J connectivity index is 1.68. The first-order valence-electron chi connectivity index (χ1n) is 7.76. The van der Waals surface area contributed by atoms with Crippen molar-refractivity contribution in [2.45, 2.75) is 32.1 Å². The van der Waals surface area contributed by atoms with Crippen LogP contribution in [0.3, 0.4) is 0 Å². The van der Waals surface area contributed by atoms with Crippen LogP contribution in [-0.4, -0.2) is 24.1 Å². The van der Waals surface area contributed by atoms with Gasteiger partial charge in [-0.25, -0.2) is 18.4 Å². The Morgan fingerprint density at radius 2 is 1.83 bits per heavy atom. The van der Waals surface area contributed by atoms with E-state index in [4.69, 9.17) is 0 Å². The zero-order valence-corrected chi connectivity index (χ0v) is 13.8. The van der Waals surface area contributed by atoms with Gasteiger partial charge in [0.1, 0.15) is 11.6 Å². The minimum absolute atomic E-state index is 0.0535. The van der Waals surface area contributed by atoms with Gasteiger partial charge < -0.3 is 5.32 Å². The summed E-state index contributed by atoms with van der Waals surface area (Å²) in [5.41, 5.74) is 1.40. The summed E-state index contributed by atoms with van der Waals surface area (Å²) in [5.74, 6) is 2.19. The maximum Gasteiger partial charge on any atom is 0.232 e. The number of sulfonamides is 1. The second kappa shape index (κ2) is 6.54. The monoisotopic (exact) mass is 332 g/mol. The third-order valence-electron chi connectivity index (χ3n) is 3.96. The second-order valence-corrected chi connectivity index (χ2v) is 7.65. The van der Waals surface area contributed by atoms with E-state index in [-0.39, 0.29) is 5.75 Å². The molecule has 2 N–H and O–H groups in total. The average Bonchev–Trinajstić information content (AvgIpc) is 2.48. The molecule has 0 bridgehead atoms. The second-order valence-electron chi connectivity index (χ2n) is 5.64. The molecule has 122 valence electrons. The molecule has 1 aliphatic rings. The van der Waals surface area contributed by atoms with E-state index in [0.717, 1.165) is 30.2 Å². The molecule has 1 saturated carbocycles. The van der Waals surface area contributed by atoms with Crippen LogP contribution in [0, 0.1) is 0 Å². The maximum absolute atomic E-state index is 11.5. The van der Waals surface area contributed by atoms with Gasteiger partial charge >= 0.3 is 0 Å². The number of rotatable bonds is 6. The van der Waals surface area contributed by atoms with Gasteiger partial charge in [-0.3, -0.25) is 4.72 Å². The van der Waals surface area contributed by atoms with Crippen molar-refractivity contribution in [3.63, 3.8) is 0 Å². The summed E-state index contributed by atoms with van der Waals surface area (Å²) < 4.78 is 25.6. The molecule has 0 aliphatic heterocycles. The number of nitrogens with zero attached hydrogens (tertiary/aromatic N) is 2. The zero-order chi connectivity index (χ0) is 16.3. The van der Waals surface area contributed by atoms with Gasteiger partial charge in [0.15, 0.2) is 0 Å². The van der Waals surface area contributed by atoms with E-state index in [2.05, 4.69) is 20.0 Å². The van der Waals surface area contributed by atoms with Crippen molar-refractivity contribution < 1.29 is 8.42 Å². The van der Waals surface area contributed by atoms with Crippen molar-refractivity contribution in [2.24, 2.45) is 0 Å². The Morgan fingerprint density at radius 1 is 1.13 bits per heavy atom. The predicted molar refractivity (Wildman–Crippen MR) is 91.4 cm³/mol. The molecule has 1 fully saturated rings. The largest absolute Gasteiger partial charge is 0.340 e. The molecule has 1 heterocycles. The lowest BCUT2D eigenvalue weighted by Gasteiger charge is -2.23. The van der Waals surface area contributed by atoms with E-state index < -0.39 is 10.0 Å². The summed E-state index contributed by atoms with van der Waals surface area (Å²) in [6, 6.07) is 8.92. The molecule has 0 amide bonds. The summed E-state index contributed by atoms with van der Waals surface area (Å²) >= 11 is 0. The molecule has 3 rings (SSSR count). The van der Waals surface area contributed by atoms with Gasteiger partial charge in [0.25, 0.3) is 0 Å². The average molecular weight is 332 g/mol. The molecule has 0 radical (unpaired) electrons. The Morgan fingerprint density at radius 3 is 2.43 bits per heavy atom. The first-order chi connectivity index (χ1) is 11.1. The van der Waals surface area contributed by atoms with Crippen LogP contribution in [0.15, 0.2) is 36.5 Å². The molecule has 23 heavy (non-hydrogen) atoms. The van der Waals surface area contributed by atoms with Crippen molar-refractivity contribution in [1.82, 2.24) is 9.97 Å². The Labute approximate surface area is 136 Å². The first-order valence-corrected chi connectivity index (χ1v) is 9.41. The standard InChI is InChI=1S/C16H20N4O2S/c1-2-23(21,22)20-14-8-6-13(7-9-14)18-15-10-11-17-16(19-15)12-4-3-5-12/h6-12,20H,2-5H2,1H3,(H,17,18,19). The summed E-state index contributed by atoms with van der Waals surface area (Å²) in [4.78, 5) is 8.89. The third-order valence-corrected chi connectivity index (χ3v) is 5.26. The minimum Gasteiger partial charge on any atom is -0.340 e. The molecule has 1 aliphatic carbocycles. The predicted octanol–water partition coefficient (Wildman–Crippen LogP) is 3.25. The van der Waals surface area contributed by atoms with Crippen LogP contribution >= 0.6 is 0 Å². The summed E-state index contributed by atoms with van der Waals surface area (Å²) in [6.45, 7) is 1.60. The van der Waals surface area contributed by atoms with E-state index in [1.165, 1.54) is 6.42 Å². The van der Waals surface area contributed by atoms with Crippen molar-refractivity contribution >= 4 is 27.2 Å². The summed E-state index contributed by atoms with van der Waals surface area (Å²) in [6.07, 6.45) is 5.35. The lowest BCUT2D eigenvalue weighted by molar-refractivity contribution is 0.401. The number of benzene rings is 1. The normalized spacial score (nSPS) is 15.0. The molecule has 0 unspecified atom stereocenters. The SMILES string of the molecule is CCS(=O)(=O)Nc1ccc(Nc2ccnc(C3CCC3)n2)cc1. The van der Waals surface area contributed by atoms with Crippen LogP contribution in [0.4, 0.5) is 17.2 Å². The van der Waals surface area contributed by atoms with Crippen LogP contribution in [0.2, 0.25) is 0 Å². The minimum atomic E-state index is -3.25. The number of hydrogen-bond acceptors (Lipinski definition) is 5. The summed E-state index contributed by atoms with van der Waals surface area (Å²) in [7, 11) is -3.25. The van der Waals surface area contributed by atoms with Gasteiger partial charge in [0.2, 0.25) is 10.0 Å². The van der Waals surface area contributed by atoms with E-state index >= 15 is 0 Å². The zero-order valence-electron chi connectivity index (χ0n) is 13.0. The molecule has 1 aromatic carbocycles. The Hall–Kier alpha value is -2.15. The molecule has 7 heteroatoms. The van der Waals surface area contributed by atoms with Crippen molar-refractivity contribution in [2.75, 3.05) is 15.8 Å². The molecule has 1 aromatic heterocycles. The number of hydrogen-bond donors (Lipinski definition) is 2. The van der Waals surface area contributed by atoms with E-state index in [0.29, 0.717) is 11.6 Å². The highest BCUT2D eigenvalue weighted by atomic mass is 32.2. The smallest absolute Gasteiger partial charge is 0.232 e. The summed E-state index contributed by atoms with van der Waals surface area (Å²) in [5, 5.41) is 3.22. The van der Waals surface area contributed by atoms with E-state index in [1.54, 1.807) is 25.3 Å². The number of nitrogens with one attached hydrogen (secondary N) is 2. The molecule has 0 spiro atoms. The fraction of sp³-hybridized carbons (Fsp3) is 0.375. The molecule has 6 nitrogen and oxygen atoms in total. The van der Waals surface area contributed by atoms with Crippen molar-refractivity contribution in [3.05, 3.63) is 42.4 Å². The van der Waals surface area contributed by atoms with Crippen LogP contribution in [0.5, 0.6) is 0 Å². The van der Waals surface area contributed by atoms with Gasteiger partial charge in [-0.05, 0) is 50.1 Å². The van der Waals surface area contributed by atoms with Gasteiger partial charge in [0.05, 0.1) is 5.75 Å². The number of aromatic nitrogens is 2. The fourth-order valence-corrected chi connectivity index (χ4v) is 2.97. The van der Waals surface area contributed by atoms with Crippen LogP contribution < -0.4 is 10.0 Å². The molecular weight excluding hydrogens is 312 g/mol. The van der Waals surface area contributed by atoms with Crippen LogP contribution in [0.25, 0.3) is 0 Å². The Bertz CT molecular complexity index is 771. The van der Waals surface area contributed by atoms with Gasteiger partial charge in [-0.2, -0.15) is 0 Å². The van der Waals surface area contributed by atoms with Crippen molar-refractivity contribution in [1.29, 1.82) is 0 Å². The topological polar surface area (TPSA) is 84.0 Å². The Kier molecular flexibility index (Phi) is 4.47. The highest BCUT2D eigenvalue weighted by Crippen LogP contribution is 2.34. The van der Waals surface area contributed by atoms with Crippen molar-refractivity contribution in [3.8, 4) is 0 Å². The first kappa shape index (κ1) is 15.7.